The number of aromatic hydroxyl groups is 1. The van der Waals surface area contributed by atoms with Gasteiger partial charge in [0.05, 0.1) is 39.8 Å². The number of nitrogens with zero attached hydrogens (tertiary/aromatic N) is 1. The summed E-state index contributed by atoms with van der Waals surface area (Å²) in [4.78, 5) is 28.3. The van der Waals surface area contributed by atoms with Crippen LogP contribution in [0, 0.1) is 0 Å². The number of ketones is 1. The second kappa shape index (κ2) is 9.66. The molecule has 0 radical (unpaired) electrons. The number of likely N-dealkylation sites (N-methyl/N-ethyl adjacent to an activating group) is 1. The van der Waals surface area contributed by atoms with Crippen molar-refractivity contribution in [2.45, 2.75) is 19.4 Å². The topological polar surface area (TPSA) is 94.3 Å². The lowest BCUT2D eigenvalue weighted by Gasteiger charge is -2.27. The van der Waals surface area contributed by atoms with Gasteiger partial charge in [0.1, 0.15) is 11.5 Å². The first-order valence-electron chi connectivity index (χ1n) is 10.4. The first kappa shape index (κ1) is 22.4. The van der Waals surface area contributed by atoms with E-state index in [-0.39, 0.29) is 11.3 Å². The summed E-state index contributed by atoms with van der Waals surface area (Å²) >= 11 is 0. The van der Waals surface area contributed by atoms with Gasteiger partial charge in [-0.25, -0.2) is 0 Å². The lowest BCUT2D eigenvalue weighted by molar-refractivity contribution is -0.857. The molecule has 1 saturated heterocycles. The summed E-state index contributed by atoms with van der Waals surface area (Å²) in [6.45, 7) is 3.53. The molecule has 7 heteroatoms. The molecule has 1 fully saturated rings. The number of rotatable bonds is 8. The van der Waals surface area contributed by atoms with Gasteiger partial charge in [-0.05, 0) is 41.8 Å². The standard InChI is InChI=1S/C24H28N2O5/c1-4-15-31-19-11-7-17(8-12-19)22(28)20-21(16-5-9-18(27)10-6-16)26(14-13-25(2)3)24(30)23(20)29/h5-12,21,27-28H,4,13-15H2,1-3H3. The SMILES string of the molecule is CCCOc1ccc(C([O-])=C2C(=O)C(=O)N(CC[NH+](C)C)C2c2ccc(O)cc2)cc1. The van der Waals surface area contributed by atoms with Crippen molar-refractivity contribution in [3.8, 4) is 11.5 Å². The molecule has 2 aromatic rings. The molecule has 1 aliphatic rings. The highest BCUT2D eigenvalue weighted by Gasteiger charge is 2.44. The molecule has 0 saturated carbocycles. The molecule has 0 aliphatic carbocycles. The molecule has 1 aliphatic heterocycles. The molecule has 0 bridgehead atoms. The Balaban J connectivity index is 2.04. The van der Waals surface area contributed by atoms with Gasteiger partial charge in [0, 0.05) is 5.57 Å². The maximum atomic E-state index is 13.3. The minimum Gasteiger partial charge on any atom is -0.872 e. The van der Waals surface area contributed by atoms with E-state index in [9.17, 15) is 19.8 Å². The monoisotopic (exact) mass is 424 g/mol. The van der Waals surface area contributed by atoms with Crippen LogP contribution in [0.4, 0.5) is 0 Å². The Morgan fingerprint density at radius 1 is 1.10 bits per heavy atom. The van der Waals surface area contributed by atoms with Crippen LogP contribution >= 0.6 is 0 Å². The summed E-state index contributed by atoms with van der Waals surface area (Å²) in [7, 11) is 3.91. The zero-order valence-electron chi connectivity index (χ0n) is 18.1. The van der Waals surface area contributed by atoms with E-state index in [0.717, 1.165) is 11.3 Å². The van der Waals surface area contributed by atoms with Gasteiger partial charge in [-0.15, -0.1) is 0 Å². The van der Waals surface area contributed by atoms with Crippen LogP contribution in [0.5, 0.6) is 11.5 Å². The summed E-state index contributed by atoms with van der Waals surface area (Å²) in [5.74, 6) is -1.21. The van der Waals surface area contributed by atoms with Crippen molar-refractivity contribution < 1.29 is 29.4 Å². The maximum Gasteiger partial charge on any atom is 0.295 e. The van der Waals surface area contributed by atoms with E-state index in [1.54, 1.807) is 36.4 Å². The number of hydrogen-bond acceptors (Lipinski definition) is 5. The number of benzene rings is 2. The molecule has 2 aromatic carbocycles. The lowest BCUT2D eigenvalue weighted by Crippen LogP contribution is -3.06. The number of carbonyl (C=O) groups excluding carboxylic acids is 2. The Bertz CT molecular complexity index is 964. The number of Topliss-reactive ketones (excluding diaryl/α,β-unsaturated/α-hetero) is 1. The molecule has 3 rings (SSSR count). The predicted molar refractivity (Wildman–Crippen MR) is 114 cm³/mol. The smallest absolute Gasteiger partial charge is 0.295 e. The van der Waals surface area contributed by atoms with Gasteiger partial charge in [-0.2, -0.15) is 0 Å². The first-order chi connectivity index (χ1) is 14.8. The Kier molecular flexibility index (Phi) is 6.97. The average molecular weight is 424 g/mol. The fourth-order valence-electron chi connectivity index (χ4n) is 3.53. The van der Waals surface area contributed by atoms with Gasteiger partial charge in [-0.3, -0.25) is 9.59 Å². The third-order valence-corrected chi connectivity index (χ3v) is 5.18. The fourth-order valence-corrected chi connectivity index (χ4v) is 3.53. The van der Waals surface area contributed by atoms with Gasteiger partial charge < -0.3 is 24.7 Å². The van der Waals surface area contributed by atoms with Crippen molar-refractivity contribution >= 4 is 17.4 Å². The van der Waals surface area contributed by atoms with Gasteiger partial charge in [0.25, 0.3) is 5.91 Å². The number of phenols is 1. The molecule has 1 atom stereocenters. The number of phenolic OH excluding ortho intramolecular Hbond substituents is 1. The van der Waals surface area contributed by atoms with Crippen LogP contribution in [0.25, 0.3) is 5.76 Å². The van der Waals surface area contributed by atoms with E-state index in [0.29, 0.717) is 36.6 Å². The summed E-state index contributed by atoms with van der Waals surface area (Å²) in [6, 6.07) is 12.0. The molecule has 0 aromatic heterocycles. The third-order valence-electron chi connectivity index (χ3n) is 5.18. The van der Waals surface area contributed by atoms with Crippen LogP contribution < -0.4 is 14.7 Å². The Labute approximate surface area is 182 Å². The van der Waals surface area contributed by atoms with Crippen molar-refractivity contribution in [3.05, 3.63) is 65.2 Å². The average Bonchev–Trinajstić information content (AvgIpc) is 3.01. The van der Waals surface area contributed by atoms with E-state index in [1.165, 1.54) is 17.0 Å². The largest absolute Gasteiger partial charge is 0.872 e. The van der Waals surface area contributed by atoms with Crippen molar-refractivity contribution in [2.75, 3.05) is 33.8 Å². The van der Waals surface area contributed by atoms with Crippen molar-refractivity contribution in [1.29, 1.82) is 0 Å². The highest BCUT2D eigenvalue weighted by Crippen LogP contribution is 2.38. The zero-order chi connectivity index (χ0) is 22.5. The molecule has 164 valence electrons. The van der Waals surface area contributed by atoms with E-state index in [4.69, 9.17) is 4.74 Å². The van der Waals surface area contributed by atoms with Crippen molar-refractivity contribution in [1.82, 2.24) is 4.90 Å². The first-order valence-corrected chi connectivity index (χ1v) is 10.4. The van der Waals surface area contributed by atoms with Crippen molar-refractivity contribution in [3.63, 3.8) is 0 Å². The second-order valence-electron chi connectivity index (χ2n) is 7.89. The normalized spacial score (nSPS) is 18.1. The fraction of sp³-hybridized carbons (Fsp3) is 0.333. The molecule has 1 heterocycles. The molecule has 7 nitrogen and oxygen atoms in total. The van der Waals surface area contributed by atoms with E-state index < -0.39 is 23.5 Å². The van der Waals surface area contributed by atoms with Crippen LogP contribution in [0.2, 0.25) is 0 Å². The number of likely N-dealkylation sites (tertiary alicyclic amines) is 1. The Morgan fingerprint density at radius 3 is 2.32 bits per heavy atom. The Hall–Kier alpha value is -3.32. The van der Waals surface area contributed by atoms with Crippen LogP contribution in [-0.4, -0.2) is 55.5 Å². The highest BCUT2D eigenvalue weighted by atomic mass is 16.5. The quantitative estimate of drug-likeness (QED) is 0.367. The number of carbonyl (C=O) groups is 2. The highest BCUT2D eigenvalue weighted by molar-refractivity contribution is 6.46. The summed E-state index contributed by atoms with van der Waals surface area (Å²) in [5, 5.41) is 23.0. The van der Waals surface area contributed by atoms with E-state index in [2.05, 4.69) is 0 Å². The minimum atomic E-state index is -0.788. The van der Waals surface area contributed by atoms with Gasteiger partial charge in [-0.1, -0.05) is 36.9 Å². The third kappa shape index (κ3) is 4.88. The number of amides is 1. The second-order valence-corrected chi connectivity index (χ2v) is 7.89. The predicted octanol–water partition coefficient (Wildman–Crippen LogP) is 0.550. The van der Waals surface area contributed by atoms with Crippen molar-refractivity contribution in [2.24, 2.45) is 0 Å². The number of quaternary nitrogens is 1. The van der Waals surface area contributed by atoms with E-state index >= 15 is 0 Å². The molecule has 1 amide bonds. The molecule has 1 unspecified atom stereocenters. The molecule has 2 N–H and O–H groups in total. The minimum absolute atomic E-state index is 0.0633. The van der Waals surface area contributed by atoms with Crippen LogP contribution in [0.1, 0.15) is 30.5 Å². The zero-order valence-corrected chi connectivity index (χ0v) is 18.1. The number of ether oxygens (including phenoxy) is 1. The maximum absolute atomic E-state index is 13.3. The molecule has 31 heavy (non-hydrogen) atoms. The lowest BCUT2D eigenvalue weighted by atomic mass is 9.95. The van der Waals surface area contributed by atoms with Gasteiger partial charge in [0.15, 0.2) is 0 Å². The van der Waals surface area contributed by atoms with Crippen LogP contribution in [-0.2, 0) is 9.59 Å². The van der Waals surface area contributed by atoms with Crippen LogP contribution in [0.15, 0.2) is 54.1 Å². The molecule has 0 spiro atoms. The number of nitrogens with one attached hydrogen (secondary N) is 1. The van der Waals surface area contributed by atoms with Crippen LogP contribution in [0.3, 0.4) is 0 Å². The summed E-state index contributed by atoms with van der Waals surface area (Å²) < 4.78 is 5.55. The molecular weight excluding hydrogens is 396 g/mol. The summed E-state index contributed by atoms with van der Waals surface area (Å²) in [5.41, 5.74) is 0.868. The van der Waals surface area contributed by atoms with Gasteiger partial charge >= 0.3 is 0 Å². The number of hydrogen-bond donors (Lipinski definition) is 2. The molecular formula is C24H28N2O5. The van der Waals surface area contributed by atoms with Gasteiger partial charge in [0.2, 0.25) is 5.78 Å². The van der Waals surface area contributed by atoms with E-state index in [1.807, 2.05) is 21.0 Å². The Morgan fingerprint density at radius 2 is 1.74 bits per heavy atom. The summed E-state index contributed by atoms with van der Waals surface area (Å²) in [6.07, 6.45) is 0.869.